The molecule has 0 fully saturated rings. The number of allylic oxidation sites excluding steroid dienone is 9. The van der Waals surface area contributed by atoms with Gasteiger partial charge in [0.15, 0.2) is 0 Å². The highest BCUT2D eigenvalue weighted by Crippen LogP contribution is 2.44. The number of benzene rings is 4. The van der Waals surface area contributed by atoms with E-state index in [1.165, 1.54) is 62.0 Å². The number of rotatable bonds is 7. The quantitative estimate of drug-likeness (QED) is 0.202. The normalized spacial score (nSPS) is 19.7. The summed E-state index contributed by atoms with van der Waals surface area (Å²) in [5.41, 5.74) is 16.3. The summed E-state index contributed by atoms with van der Waals surface area (Å²) in [5, 5.41) is 0. The van der Waals surface area contributed by atoms with E-state index >= 15 is 0 Å². The molecule has 4 aromatic rings. The molecule has 0 saturated carbocycles. The van der Waals surface area contributed by atoms with Crippen LogP contribution in [-0.4, -0.2) is 0 Å². The summed E-state index contributed by atoms with van der Waals surface area (Å²) in [6, 6.07) is 35.4. The molecule has 0 amide bonds. The smallest absolute Gasteiger partial charge is 0.0499 e. The molecule has 2 heteroatoms. The molecular formula is C46H44N2. The lowest BCUT2D eigenvalue weighted by molar-refractivity contribution is 0.543. The summed E-state index contributed by atoms with van der Waals surface area (Å²) >= 11 is 0. The second kappa shape index (κ2) is 13.2. The number of hydrogen-bond acceptors (Lipinski definition) is 2. The standard InChI is InChI=1S/C46H44N2/c1-33-31-39(47(37-19-5-3-6-20-37)45-25-13-17-35-15-9-11-23-43(35)45)27-29-41(33)42-30-28-40(32-34(42)2)48(38-21-7-4-8-22-38)46-26-14-18-36-16-10-12-24-44(36)46/h3-10,13-22,25-27,29,31-33,41H,11-12,23-24,28,30H2,1-2H3. The summed E-state index contributed by atoms with van der Waals surface area (Å²) in [7, 11) is 0. The number of hydrogen-bond donors (Lipinski definition) is 0. The molecule has 4 aliphatic rings. The fourth-order valence-electron chi connectivity index (χ4n) is 8.25. The molecule has 0 aliphatic heterocycles. The maximum atomic E-state index is 2.53. The van der Waals surface area contributed by atoms with Crippen LogP contribution in [0.1, 0.15) is 61.8 Å². The van der Waals surface area contributed by atoms with Gasteiger partial charge >= 0.3 is 0 Å². The van der Waals surface area contributed by atoms with Crippen LogP contribution in [0.5, 0.6) is 0 Å². The second-order valence-corrected chi connectivity index (χ2v) is 13.6. The zero-order valence-electron chi connectivity index (χ0n) is 28.1. The van der Waals surface area contributed by atoms with E-state index < -0.39 is 0 Å². The van der Waals surface area contributed by atoms with Gasteiger partial charge < -0.3 is 9.80 Å². The minimum absolute atomic E-state index is 0.383. The largest absolute Gasteiger partial charge is 0.314 e. The maximum Gasteiger partial charge on any atom is 0.0499 e. The average molecular weight is 625 g/mol. The van der Waals surface area contributed by atoms with Gasteiger partial charge in [-0.05, 0) is 128 Å². The molecule has 8 rings (SSSR count). The van der Waals surface area contributed by atoms with Gasteiger partial charge in [0.1, 0.15) is 0 Å². The topological polar surface area (TPSA) is 6.48 Å². The third-order valence-electron chi connectivity index (χ3n) is 10.6. The summed E-state index contributed by atoms with van der Waals surface area (Å²) in [5.74, 6) is 0.769. The molecule has 0 heterocycles. The molecule has 4 aromatic carbocycles. The van der Waals surface area contributed by atoms with Gasteiger partial charge in [-0.25, -0.2) is 0 Å². The van der Waals surface area contributed by atoms with Gasteiger partial charge in [0.05, 0.1) is 0 Å². The molecular weight excluding hydrogens is 581 g/mol. The molecule has 0 spiro atoms. The Morgan fingerprint density at radius 1 is 0.583 bits per heavy atom. The van der Waals surface area contributed by atoms with E-state index in [1.54, 1.807) is 5.57 Å². The number of para-hydroxylation sites is 2. The molecule has 238 valence electrons. The van der Waals surface area contributed by atoms with Crippen LogP contribution >= 0.6 is 0 Å². The van der Waals surface area contributed by atoms with Gasteiger partial charge in [0.25, 0.3) is 0 Å². The van der Waals surface area contributed by atoms with Crippen LogP contribution in [0.15, 0.2) is 156 Å². The first-order valence-electron chi connectivity index (χ1n) is 17.7. The van der Waals surface area contributed by atoms with Crippen molar-refractivity contribution in [2.45, 2.75) is 52.4 Å². The Morgan fingerprint density at radius 2 is 1.17 bits per heavy atom. The third-order valence-corrected chi connectivity index (χ3v) is 10.6. The molecule has 4 aliphatic carbocycles. The first-order valence-corrected chi connectivity index (χ1v) is 17.7. The first kappa shape index (κ1) is 30.3. The summed E-state index contributed by atoms with van der Waals surface area (Å²) in [6.45, 7) is 4.74. The van der Waals surface area contributed by atoms with Crippen molar-refractivity contribution in [2.24, 2.45) is 11.8 Å². The Hall–Kier alpha value is -5.08. The van der Waals surface area contributed by atoms with Gasteiger partial charge in [0.2, 0.25) is 0 Å². The highest BCUT2D eigenvalue weighted by atomic mass is 15.2. The Labute approximate surface area is 286 Å². The molecule has 2 atom stereocenters. The van der Waals surface area contributed by atoms with Gasteiger partial charge in [-0.1, -0.05) is 110 Å². The van der Waals surface area contributed by atoms with Crippen molar-refractivity contribution in [1.82, 2.24) is 0 Å². The molecule has 2 unspecified atom stereocenters. The first-order chi connectivity index (χ1) is 23.7. The lowest BCUT2D eigenvalue weighted by Crippen LogP contribution is -2.25. The second-order valence-electron chi connectivity index (χ2n) is 13.6. The van der Waals surface area contributed by atoms with Crippen LogP contribution in [0.25, 0.3) is 12.2 Å². The molecule has 0 N–H and O–H groups in total. The number of nitrogens with zero attached hydrogens (tertiary/aromatic N) is 2. The zero-order valence-corrected chi connectivity index (χ0v) is 28.1. The van der Waals surface area contributed by atoms with Gasteiger partial charge in [-0.3, -0.25) is 0 Å². The summed E-state index contributed by atoms with van der Waals surface area (Å²) in [4.78, 5) is 5.01. The Morgan fingerprint density at radius 3 is 1.75 bits per heavy atom. The predicted octanol–water partition coefficient (Wildman–Crippen LogP) is 12.3. The molecule has 0 aromatic heterocycles. The van der Waals surface area contributed by atoms with Crippen LogP contribution in [0, 0.1) is 11.8 Å². The lowest BCUT2D eigenvalue weighted by atomic mass is 9.77. The van der Waals surface area contributed by atoms with Crippen LogP contribution < -0.4 is 9.80 Å². The van der Waals surface area contributed by atoms with Gasteiger partial charge in [-0.15, -0.1) is 0 Å². The summed E-state index contributed by atoms with van der Waals surface area (Å²) < 4.78 is 0. The van der Waals surface area contributed by atoms with Crippen molar-refractivity contribution in [3.05, 3.63) is 178 Å². The molecule has 48 heavy (non-hydrogen) atoms. The van der Waals surface area contributed by atoms with Crippen LogP contribution in [0.4, 0.5) is 22.7 Å². The monoisotopic (exact) mass is 624 g/mol. The highest BCUT2D eigenvalue weighted by Gasteiger charge is 2.29. The molecule has 2 nitrogen and oxygen atoms in total. The Kier molecular flexibility index (Phi) is 8.32. The SMILES string of the molecule is CC1=C(C2C=CC(N(c3ccccc3)c3cccc4c3CCC=C4)=CC2C)CCC(N(c2ccccc2)c2cccc3c2CCC=C3)=C1. The molecule has 0 saturated heterocycles. The predicted molar refractivity (Wildman–Crippen MR) is 205 cm³/mol. The van der Waals surface area contributed by atoms with E-state index in [0.29, 0.717) is 11.8 Å². The van der Waals surface area contributed by atoms with E-state index in [0.717, 1.165) is 38.5 Å². The van der Waals surface area contributed by atoms with Crippen molar-refractivity contribution in [3.63, 3.8) is 0 Å². The van der Waals surface area contributed by atoms with Crippen molar-refractivity contribution in [2.75, 3.05) is 9.80 Å². The average Bonchev–Trinajstić information content (AvgIpc) is 3.13. The Bertz CT molecular complexity index is 2000. The fraction of sp³-hybridized carbons (Fsp3) is 0.217. The van der Waals surface area contributed by atoms with E-state index in [1.807, 2.05) is 0 Å². The van der Waals surface area contributed by atoms with Gasteiger partial charge in [0, 0.05) is 40.1 Å². The Balaban J connectivity index is 1.13. The van der Waals surface area contributed by atoms with E-state index in [2.05, 4.69) is 169 Å². The number of fused-ring (bicyclic) bond motifs is 2. The van der Waals surface area contributed by atoms with Crippen molar-refractivity contribution in [3.8, 4) is 0 Å². The van der Waals surface area contributed by atoms with E-state index in [-0.39, 0.29) is 0 Å². The van der Waals surface area contributed by atoms with Crippen molar-refractivity contribution < 1.29 is 0 Å². The van der Waals surface area contributed by atoms with Crippen LogP contribution in [0.3, 0.4) is 0 Å². The number of anilines is 4. The maximum absolute atomic E-state index is 2.53. The van der Waals surface area contributed by atoms with Crippen LogP contribution in [-0.2, 0) is 12.8 Å². The van der Waals surface area contributed by atoms with Crippen molar-refractivity contribution in [1.29, 1.82) is 0 Å². The minimum Gasteiger partial charge on any atom is -0.314 e. The highest BCUT2D eigenvalue weighted by molar-refractivity contribution is 5.78. The lowest BCUT2D eigenvalue weighted by Gasteiger charge is -2.36. The third kappa shape index (κ3) is 5.70. The van der Waals surface area contributed by atoms with Crippen LogP contribution in [0.2, 0.25) is 0 Å². The fourth-order valence-corrected chi connectivity index (χ4v) is 8.25. The zero-order chi connectivity index (χ0) is 32.5. The molecule has 0 radical (unpaired) electrons. The van der Waals surface area contributed by atoms with Crippen molar-refractivity contribution >= 4 is 34.9 Å². The summed E-state index contributed by atoms with van der Waals surface area (Å²) in [6.07, 6.45) is 25.5. The van der Waals surface area contributed by atoms with E-state index in [4.69, 9.17) is 0 Å². The van der Waals surface area contributed by atoms with Gasteiger partial charge in [-0.2, -0.15) is 0 Å². The minimum atomic E-state index is 0.383. The molecule has 0 bridgehead atoms. The van der Waals surface area contributed by atoms with E-state index in [9.17, 15) is 0 Å².